The average Bonchev–Trinajstić information content (AvgIpc) is 2.28. The third kappa shape index (κ3) is 5.25. The second kappa shape index (κ2) is 7.61. The van der Waals surface area contributed by atoms with E-state index in [9.17, 15) is 4.79 Å². The Bertz CT molecular complexity index is 415. The Morgan fingerprint density at radius 3 is 2.89 bits per heavy atom. The Balaban J connectivity index is 2.42. The molecule has 0 heterocycles. The first kappa shape index (κ1) is 15.3. The van der Waals surface area contributed by atoms with E-state index >= 15 is 0 Å². The van der Waals surface area contributed by atoms with Gasteiger partial charge in [0.05, 0.1) is 23.9 Å². The second-order valence-corrected chi connectivity index (χ2v) is 5.22. The van der Waals surface area contributed by atoms with Gasteiger partial charge in [0.25, 0.3) is 0 Å². The van der Waals surface area contributed by atoms with Gasteiger partial charge in [-0.25, -0.2) is 0 Å². The molecule has 1 aromatic carbocycles. The summed E-state index contributed by atoms with van der Waals surface area (Å²) in [6.07, 6.45) is 0. The zero-order chi connectivity index (χ0) is 13.5. The van der Waals surface area contributed by atoms with Crippen molar-refractivity contribution in [1.29, 1.82) is 0 Å². The van der Waals surface area contributed by atoms with Crippen LogP contribution in [0.25, 0.3) is 0 Å². The van der Waals surface area contributed by atoms with Gasteiger partial charge >= 0.3 is 0 Å². The lowest BCUT2D eigenvalue weighted by molar-refractivity contribution is -0.120. The molecule has 1 unspecified atom stereocenters. The maximum Gasteiger partial charge on any atom is 0.239 e. The van der Waals surface area contributed by atoms with Gasteiger partial charge in [0.2, 0.25) is 5.91 Å². The molecule has 0 aromatic heterocycles. The lowest BCUT2D eigenvalue weighted by atomic mass is 10.3. The first-order valence-corrected chi connectivity index (χ1v) is 6.67. The molecule has 0 fully saturated rings. The molecule has 0 radical (unpaired) electrons. The van der Waals surface area contributed by atoms with Crippen LogP contribution in [0.4, 0.5) is 5.69 Å². The van der Waals surface area contributed by atoms with Crippen molar-refractivity contribution in [3.8, 4) is 0 Å². The van der Waals surface area contributed by atoms with Crippen LogP contribution in [0.15, 0.2) is 22.7 Å². The molecule has 0 saturated heterocycles. The van der Waals surface area contributed by atoms with E-state index in [2.05, 4.69) is 26.6 Å². The fraction of sp³-hybridized carbons (Fsp3) is 0.417. The van der Waals surface area contributed by atoms with Crippen LogP contribution in [0.2, 0.25) is 5.02 Å². The van der Waals surface area contributed by atoms with E-state index in [0.29, 0.717) is 11.6 Å². The van der Waals surface area contributed by atoms with Crippen LogP contribution in [0, 0.1) is 0 Å². The zero-order valence-electron chi connectivity index (χ0n) is 10.3. The van der Waals surface area contributed by atoms with E-state index in [1.54, 1.807) is 13.2 Å². The molecule has 18 heavy (non-hydrogen) atoms. The molecule has 1 aromatic rings. The van der Waals surface area contributed by atoms with Crippen molar-refractivity contribution in [2.45, 2.75) is 13.0 Å². The molecule has 1 amide bonds. The highest BCUT2D eigenvalue weighted by Gasteiger charge is 2.07. The minimum Gasteiger partial charge on any atom is -0.383 e. The predicted octanol–water partition coefficient (Wildman–Crippen LogP) is 2.67. The van der Waals surface area contributed by atoms with E-state index in [1.807, 2.05) is 19.1 Å². The fourth-order valence-corrected chi connectivity index (χ4v) is 2.17. The summed E-state index contributed by atoms with van der Waals surface area (Å²) in [6.45, 7) is 2.55. The summed E-state index contributed by atoms with van der Waals surface area (Å²) >= 11 is 9.35. The largest absolute Gasteiger partial charge is 0.383 e. The van der Waals surface area contributed by atoms with Gasteiger partial charge < -0.3 is 15.4 Å². The lowest BCUT2D eigenvalue weighted by Crippen LogP contribution is -2.39. The standard InChI is InChI=1S/C12H16BrClN2O2/c1-8(7-18-2)16-12(17)6-15-11-4-3-9(13)5-10(11)14/h3-5,8,15H,6-7H2,1-2H3,(H,16,17). The number of halogens is 2. The molecule has 0 aliphatic heterocycles. The number of nitrogens with one attached hydrogen (secondary N) is 2. The Morgan fingerprint density at radius 1 is 1.56 bits per heavy atom. The molecule has 0 bridgehead atoms. The number of hydrogen-bond acceptors (Lipinski definition) is 3. The Morgan fingerprint density at radius 2 is 2.28 bits per heavy atom. The maximum absolute atomic E-state index is 11.6. The number of amides is 1. The summed E-state index contributed by atoms with van der Waals surface area (Å²) in [5.74, 6) is -0.0986. The van der Waals surface area contributed by atoms with Crippen LogP contribution < -0.4 is 10.6 Å². The van der Waals surface area contributed by atoms with E-state index in [-0.39, 0.29) is 18.5 Å². The summed E-state index contributed by atoms with van der Waals surface area (Å²) in [5.41, 5.74) is 0.731. The summed E-state index contributed by atoms with van der Waals surface area (Å²) < 4.78 is 5.84. The Hall–Kier alpha value is -0.780. The maximum atomic E-state index is 11.6. The van der Waals surface area contributed by atoms with Crippen molar-refractivity contribution < 1.29 is 9.53 Å². The van der Waals surface area contributed by atoms with Crippen LogP contribution in [0.5, 0.6) is 0 Å². The topological polar surface area (TPSA) is 50.4 Å². The number of anilines is 1. The normalized spacial score (nSPS) is 12.0. The summed E-state index contributed by atoms with van der Waals surface area (Å²) in [7, 11) is 1.60. The van der Waals surface area contributed by atoms with Crippen LogP contribution in [-0.2, 0) is 9.53 Å². The molecule has 0 saturated carbocycles. The summed E-state index contributed by atoms with van der Waals surface area (Å²) in [4.78, 5) is 11.6. The van der Waals surface area contributed by atoms with Crippen molar-refractivity contribution in [2.24, 2.45) is 0 Å². The minimum atomic E-state index is -0.0986. The van der Waals surface area contributed by atoms with E-state index in [4.69, 9.17) is 16.3 Å². The van der Waals surface area contributed by atoms with Crippen LogP contribution in [0.1, 0.15) is 6.92 Å². The zero-order valence-corrected chi connectivity index (χ0v) is 12.6. The molecule has 0 spiro atoms. The van der Waals surface area contributed by atoms with E-state index in [1.165, 1.54) is 0 Å². The van der Waals surface area contributed by atoms with Crippen molar-refractivity contribution in [2.75, 3.05) is 25.6 Å². The molecular weight excluding hydrogens is 320 g/mol. The van der Waals surface area contributed by atoms with Gasteiger partial charge in [-0.15, -0.1) is 0 Å². The van der Waals surface area contributed by atoms with Crippen molar-refractivity contribution >= 4 is 39.1 Å². The molecule has 1 rings (SSSR count). The van der Waals surface area contributed by atoms with Crippen molar-refractivity contribution in [1.82, 2.24) is 5.32 Å². The number of carbonyl (C=O) groups is 1. The molecule has 0 aliphatic rings. The van der Waals surface area contributed by atoms with Gasteiger partial charge in [-0.1, -0.05) is 27.5 Å². The first-order chi connectivity index (χ1) is 8.52. The van der Waals surface area contributed by atoms with Gasteiger partial charge in [-0.05, 0) is 25.1 Å². The highest BCUT2D eigenvalue weighted by molar-refractivity contribution is 9.10. The first-order valence-electron chi connectivity index (χ1n) is 5.50. The quantitative estimate of drug-likeness (QED) is 0.840. The Kier molecular flexibility index (Phi) is 6.46. The lowest BCUT2D eigenvalue weighted by Gasteiger charge is -2.14. The molecule has 4 nitrogen and oxygen atoms in total. The van der Waals surface area contributed by atoms with E-state index in [0.717, 1.165) is 10.2 Å². The highest BCUT2D eigenvalue weighted by Crippen LogP contribution is 2.25. The molecule has 100 valence electrons. The number of ether oxygens (including phenoxy) is 1. The minimum absolute atomic E-state index is 0.00955. The highest BCUT2D eigenvalue weighted by atomic mass is 79.9. The number of methoxy groups -OCH3 is 1. The van der Waals surface area contributed by atoms with Gasteiger partial charge in [0.1, 0.15) is 0 Å². The van der Waals surface area contributed by atoms with Gasteiger partial charge in [0.15, 0.2) is 0 Å². The predicted molar refractivity (Wildman–Crippen MR) is 77.1 cm³/mol. The smallest absolute Gasteiger partial charge is 0.239 e. The number of carbonyl (C=O) groups excluding carboxylic acids is 1. The second-order valence-electron chi connectivity index (χ2n) is 3.90. The monoisotopic (exact) mass is 334 g/mol. The van der Waals surface area contributed by atoms with Crippen molar-refractivity contribution in [3.05, 3.63) is 27.7 Å². The number of benzene rings is 1. The fourth-order valence-electron chi connectivity index (χ4n) is 1.43. The van der Waals surface area contributed by atoms with Gasteiger partial charge in [0, 0.05) is 17.6 Å². The van der Waals surface area contributed by atoms with Crippen LogP contribution in [0.3, 0.4) is 0 Å². The van der Waals surface area contributed by atoms with Crippen LogP contribution >= 0.6 is 27.5 Å². The summed E-state index contributed by atoms with van der Waals surface area (Å²) in [6, 6.07) is 5.44. The molecule has 1 atom stereocenters. The molecule has 6 heteroatoms. The average molecular weight is 336 g/mol. The SMILES string of the molecule is COCC(C)NC(=O)CNc1ccc(Br)cc1Cl. The Labute approximate surface area is 120 Å². The van der Waals surface area contributed by atoms with Gasteiger partial charge in [-0.2, -0.15) is 0 Å². The number of rotatable bonds is 6. The van der Waals surface area contributed by atoms with Gasteiger partial charge in [-0.3, -0.25) is 4.79 Å². The summed E-state index contributed by atoms with van der Waals surface area (Å²) in [5, 5.41) is 6.36. The van der Waals surface area contributed by atoms with E-state index < -0.39 is 0 Å². The third-order valence-corrected chi connectivity index (χ3v) is 3.00. The number of hydrogen-bond donors (Lipinski definition) is 2. The molecular formula is C12H16BrClN2O2. The third-order valence-electron chi connectivity index (χ3n) is 2.19. The van der Waals surface area contributed by atoms with Crippen LogP contribution in [-0.4, -0.2) is 32.2 Å². The molecule has 0 aliphatic carbocycles. The molecule has 2 N–H and O–H groups in total. The van der Waals surface area contributed by atoms with Crippen molar-refractivity contribution in [3.63, 3.8) is 0 Å².